The van der Waals surface area contributed by atoms with Crippen LogP contribution in [0.1, 0.15) is 19.0 Å². The van der Waals surface area contributed by atoms with Gasteiger partial charge in [0.1, 0.15) is 5.69 Å². The van der Waals surface area contributed by atoms with Gasteiger partial charge in [-0.05, 0) is 6.07 Å². The van der Waals surface area contributed by atoms with Crippen molar-refractivity contribution in [3.63, 3.8) is 0 Å². The number of pyridine rings is 1. The fourth-order valence-corrected chi connectivity index (χ4v) is 1.22. The third kappa shape index (κ3) is 2.71. The summed E-state index contributed by atoms with van der Waals surface area (Å²) in [6, 6.07) is 2.81. The molecule has 0 atom stereocenters. The Labute approximate surface area is 89.5 Å². The monoisotopic (exact) mass is 233 g/mol. The van der Waals surface area contributed by atoms with E-state index in [2.05, 4.69) is 0 Å². The molecule has 0 aliphatic rings. The van der Waals surface area contributed by atoms with E-state index in [0.717, 1.165) is 18.2 Å². The number of nitrogens with zero attached hydrogens (tertiary/aromatic N) is 1. The van der Waals surface area contributed by atoms with E-state index in [-0.39, 0.29) is 6.42 Å². The van der Waals surface area contributed by atoms with E-state index in [0.29, 0.717) is 4.57 Å². The molecule has 0 aliphatic carbocycles. The lowest BCUT2D eigenvalue weighted by Gasteiger charge is -2.13. The van der Waals surface area contributed by atoms with Crippen LogP contribution in [0.25, 0.3) is 0 Å². The van der Waals surface area contributed by atoms with E-state index >= 15 is 0 Å². The minimum absolute atomic E-state index is 0.0959. The molecule has 0 saturated carbocycles. The standard InChI is InChI=1S/C10H10F3NO2/c1-2-7(15)6-14-8(10(11,12)13)4-3-5-9(14)16/h3-5H,2,6H2,1H3. The van der Waals surface area contributed by atoms with Crippen molar-refractivity contribution < 1.29 is 18.0 Å². The van der Waals surface area contributed by atoms with Crippen LogP contribution in [-0.4, -0.2) is 10.4 Å². The zero-order valence-corrected chi connectivity index (χ0v) is 8.54. The molecular weight excluding hydrogens is 223 g/mol. The number of hydrogen-bond donors (Lipinski definition) is 0. The Kier molecular flexibility index (Phi) is 3.51. The summed E-state index contributed by atoms with van der Waals surface area (Å²) in [4.78, 5) is 22.3. The Morgan fingerprint density at radius 1 is 1.38 bits per heavy atom. The van der Waals surface area contributed by atoms with E-state index in [4.69, 9.17) is 0 Å². The Morgan fingerprint density at radius 2 is 2.00 bits per heavy atom. The molecular formula is C10H10F3NO2. The Balaban J connectivity index is 3.25. The van der Waals surface area contributed by atoms with E-state index < -0.39 is 29.8 Å². The zero-order valence-electron chi connectivity index (χ0n) is 8.54. The van der Waals surface area contributed by atoms with Crippen LogP contribution in [0.2, 0.25) is 0 Å². The van der Waals surface area contributed by atoms with Gasteiger partial charge < -0.3 is 0 Å². The molecule has 0 fully saturated rings. The molecule has 0 aliphatic heterocycles. The summed E-state index contributed by atoms with van der Waals surface area (Å²) in [5, 5.41) is 0. The maximum atomic E-state index is 12.5. The number of ketones is 1. The largest absolute Gasteiger partial charge is 0.431 e. The molecule has 88 valence electrons. The van der Waals surface area contributed by atoms with E-state index in [1.165, 1.54) is 6.92 Å². The second kappa shape index (κ2) is 4.51. The molecule has 6 heteroatoms. The Morgan fingerprint density at radius 3 is 2.50 bits per heavy atom. The molecule has 0 amide bonds. The third-order valence-corrected chi connectivity index (χ3v) is 2.07. The van der Waals surface area contributed by atoms with Gasteiger partial charge in [0.2, 0.25) is 0 Å². The van der Waals surface area contributed by atoms with Gasteiger partial charge in [-0.15, -0.1) is 0 Å². The molecule has 3 nitrogen and oxygen atoms in total. The molecule has 0 bridgehead atoms. The van der Waals surface area contributed by atoms with Gasteiger partial charge in [0, 0.05) is 12.5 Å². The van der Waals surface area contributed by atoms with Crippen molar-refractivity contribution in [3.8, 4) is 0 Å². The molecule has 1 aromatic heterocycles. The lowest BCUT2D eigenvalue weighted by molar-refractivity contribution is -0.144. The summed E-state index contributed by atoms with van der Waals surface area (Å²) in [5.41, 5.74) is -1.92. The Hall–Kier alpha value is -1.59. The SMILES string of the molecule is CCC(=O)Cn1c(C(F)(F)F)cccc1=O. The summed E-state index contributed by atoms with van der Waals surface area (Å²) < 4.78 is 38.0. The minimum Gasteiger partial charge on any atom is -0.298 e. The number of halogens is 3. The molecule has 0 unspecified atom stereocenters. The van der Waals surface area contributed by atoms with E-state index in [9.17, 15) is 22.8 Å². The fourth-order valence-electron chi connectivity index (χ4n) is 1.22. The van der Waals surface area contributed by atoms with Gasteiger partial charge in [-0.1, -0.05) is 13.0 Å². The number of Topliss-reactive ketones (excluding diaryl/α,β-unsaturated/α-hetero) is 1. The van der Waals surface area contributed by atoms with Crippen molar-refractivity contribution in [1.82, 2.24) is 4.57 Å². The highest BCUT2D eigenvalue weighted by Gasteiger charge is 2.34. The molecule has 1 rings (SSSR count). The normalized spacial score (nSPS) is 11.5. The fraction of sp³-hybridized carbons (Fsp3) is 0.400. The van der Waals surface area contributed by atoms with Crippen LogP contribution in [0.15, 0.2) is 23.0 Å². The number of rotatable bonds is 3. The molecule has 1 heterocycles. The highest BCUT2D eigenvalue weighted by Crippen LogP contribution is 2.27. The van der Waals surface area contributed by atoms with Crippen LogP contribution < -0.4 is 5.56 Å². The van der Waals surface area contributed by atoms with Crippen LogP contribution in [0.5, 0.6) is 0 Å². The van der Waals surface area contributed by atoms with Crippen molar-refractivity contribution in [2.75, 3.05) is 0 Å². The second-order valence-electron chi connectivity index (χ2n) is 3.23. The first-order valence-corrected chi connectivity index (χ1v) is 4.65. The van der Waals surface area contributed by atoms with Crippen molar-refractivity contribution in [2.24, 2.45) is 0 Å². The number of aromatic nitrogens is 1. The predicted molar refractivity (Wildman–Crippen MR) is 51.0 cm³/mol. The van der Waals surface area contributed by atoms with Crippen LogP contribution in [0.4, 0.5) is 13.2 Å². The maximum Gasteiger partial charge on any atom is 0.431 e. The van der Waals surface area contributed by atoms with Crippen molar-refractivity contribution >= 4 is 5.78 Å². The highest BCUT2D eigenvalue weighted by molar-refractivity contribution is 5.77. The lowest BCUT2D eigenvalue weighted by atomic mass is 10.2. The summed E-state index contributed by atoms with van der Waals surface area (Å²) >= 11 is 0. The number of hydrogen-bond acceptors (Lipinski definition) is 2. The highest BCUT2D eigenvalue weighted by atomic mass is 19.4. The molecule has 0 radical (unpaired) electrons. The molecule has 16 heavy (non-hydrogen) atoms. The quantitative estimate of drug-likeness (QED) is 0.799. The second-order valence-corrected chi connectivity index (χ2v) is 3.23. The van der Waals surface area contributed by atoms with Gasteiger partial charge in [-0.25, -0.2) is 0 Å². The first-order chi connectivity index (χ1) is 7.36. The molecule has 1 aromatic rings. The Bertz CT molecular complexity index is 448. The lowest BCUT2D eigenvalue weighted by Crippen LogP contribution is -2.29. The first kappa shape index (κ1) is 12.5. The van der Waals surface area contributed by atoms with Crippen LogP contribution in [0, 0.1) is 0 Å². The topological polar surface area (TPSA) is 39.1 Å². The van der Waals surface area contributed by atoms with E-state index in [1.54, 1.807) is 0 Å². The van der Waals surface area contributed by atoms with Crippen LogP contribution in [0.3, 0.4) is 0 Å². The zero-order chi connectivity index (χ0) is 12.3. The average Bonchev–Trinajstić information content (AvgIpc) is 2.19. The van der Waals surface area contributed by atoms with Crippen LogP contribution >= 0.6 is 0 Å². The summed E-state index contributed by atoms with van der Waals surface area (Å²) in [6.45, 7) is 0.995. The average molecular weight is 233 g/mol. The van der Waals surface area contributed by atoms with Crippen molar-refractivity contribution in [1.29, 1.82) is 0 Å². The van der Waals surface area contributed by atoms with Gasteiger partial charge in [0.05, 0.1) is 6.54 Å². The maximum absolute atomic E-state index is 12.5. The summed E-state index contributed by atoms with van der Waals surface area (Å²) in [6.07, 6.45) is -4.53. The molecule has 0 spiro atoms. The van der Waals surface area contributed by atoms with Gasteiger partial charge in [-0.2, -0.15) is 13.2 Å². The van der Waals surface area contributed by atoms with Gasteiger partial charge in [0.25, 0.3) is 5.56 Å². The minimum atomic E-state index is -4.63. The third-order valence-electron chi connectivity index (χ3n) is 2.07. The smallest absolute Gasteiger partial charge is 0.298 e. The summed E-state index contributed by atoms with van der Waals surface area (Å²) in [5.74, 6) is -0.418. The van der Waals surface area contributed by atoms with Gasteiger partial charge in [-0.3, -0.25) is 14.2 Å². The van der Waals surface area contributed by atoms with Gasteiger partial charge >= 0.3 is 6.18 Å². The van der Waals surface area contributed by atoms with Crippen molar-refractivity contribution in [3.05, 3.63) is 34.2 Å². The van der Waals surface area contributed by atoms with E-state index in [1.807, 2.05) is 0 Å². The molecule has 0 N–H and O–H groups in total. The number of alkyl halides is 3. The number of carbonyl (C=O) groups excluding carboxylic acids is 1. The van der Waals surface area contributed by atoms with Crippen LogP contribution in [-0.2, 0) is 17.5 Å². The molecule has 0 aromatic carbocycles. The molecule has 0 saturated heterocycles. The summed E-state index contributed by atoms with van der Waals surface area (Å²) in [7, 11) is 0. The van der Waals surface area contributed by atoms with Crippen molar-refractivity contribution in [2.45, 2.75) is 26.1 Å². The van der Waals surface area contributed by atoms with Gasteiger partial charge in [0.15, 0.2) is 5.78 Å². The predicted octanol–water partition coefficient (Wildman–Crippen LogP) is 1.85. The number of carbonyl (C=O) groups is 1. The first-order valence-electron chi connectivity index (χ1n) is 4.65.